The number of hydrogen-bond acceptors (Lipinski definition) is 3. The van der Waals surface area contributed by atoms with Crippen molar-refractivity contribution in [2.24, 2.45) is 11.8 Å². The predicted octanol–water partition coefficient (Wildman–Crippen LogP) is 1.92. The average Bonchev–Trinajstić information content (AvgIpc) is 2.86. The Balaban J connectivity index is 1.53. The molecule has 24 heavy (non-hydrogen) atoms. The lowest BCUT2D eigenvalue weighted by atomic mass is 9.85. The number of rotatable bonds is 2. The predicted molar refractivity (Wildman–Crippen MR) is 89.2 cm³/mol. The van der Waals surface area contributed by atoms with Gasteiger partial charge in [0, 0.05) is 12.2 Å². The number of likely N-dealkylation sites (tertiary alicyclic amines) is 1. The minimum Gasteiger partial charge on any atom is -0.311 e. The number of imide groups is 1. The Bertz CT molecular complexity index is 714. The molecule has 0 aromatic heterocycles. The summed E-state index contributed by atoms with van der Waals surface area (Å²) in [5.41, 5.74) is 2.06. The van der Waals surface area contributed by atoms with E-state index in [4.69, 9.17) is 0 Å². The number of anilines is 1. The summed E-state index contributed by atoms with van der Waals surface area (Å²) in [7, 11) is 0. The van der Waals surface area contributed by atoms with Crippen LogP contribution in [0.2, 0.25) is 0 Å². The van der Waals surface area contributed by atoms with Crippen molar-refractivity contribution in [3.8, 4) is 0 Å². The van der Waals surface area contributed by atoms with Crippen LogP contribution in [0.15, 0.2) is 36.4 Å². The second-order valence-electron chi connectivity index (χ2n) is 6.70. The minimum absolute atomic E-state index is 0.140. The molecular weight excluding hydrogens is 304 g/mol. The van der Waals surface area contributed by atoms with Crippen molar-refractivity contribution in [1.29, 1.82) is 0 Å². The van der Waals surface area contributed by atoms with Gasteiger partial charge in [-0.1, -0.05) is 30.4 Å². The van der Waals surface area contributed by atoms with E-state index < -0.39 is 0 Å². The SMILES string of the molecule is O=C1C2CC=CCC2C(=O)N1CC(=O)N1CCCc2ccccc21. The summed E-state index contributed by atoms with van der Waals surface area (Å²) in [6, 6.07) is 7.85. The molecule has 1 saturated heterocycles. The maximum Gasteiger partial charge on any atom is 0.247 e. The quantitative estimate of drug-likeness (QED) is 0.617. The maximum absolute atomic E-state index is 12.8. The molecule has 1 aromatic rings. The Labute approximate surface area is 140 Å². The fourth-order valence-electron chi connectivity index (χ4n) is 4.04. The lowest BCUT2D eigenvalue weighted by Crippen LogP contribution is -2.45. The Morgan fingerprint density at radius 2 is 1.71 bits per heavy atom. The third kappa shape index (κ3) is 2.35. The first-order valence-corrected chi connectivity index (χ1v) is 8.55. The lowest BCUT2D eigenvalue weighted by molar-refractivity contribution is -0.143. The van der Waals surface area contributed by atoms with Crippen molar-refractivity contribution in [3.63, 3.8) is 0 Å². The van der Waals surface area contributed by atoms with E-state index in [1.165, 1.54) is 4.90 Å². The molecule has 2 aliphatic heterocycles. The van der Waals surface area contributed by atoms with Gasteiger partial charge in [0.2, 0.25) is 17.7 Å². The molecule has 3 amide bonds. The van der Waals surface area contributed by atoms with Gasteiger partial charge in [-0.05, 0) is 37.3 Å². The highest BCUT2D eigenvalue weighted by molar-refractivity contribution is 6.09. The zero-order valence-electron chi connectivity index (χ0n) is 13.5. The number of carbonyl (C=O) groups is 3. The van der Waals surface area contributed by atoms with Gasteiger partial charge in [-0.25, -0.2) is 0 Å². The van der Waals surface area contributed by atoms with Crippen molar-refractivity contribution >= 4 is 23.4 Å². The van der Waals surface area contributed by atoms with Gasteiger partial charge in [0.05, 0.1) is 11.8 Å². The van der Waals surface area contributed by atoms with Gasteiger partial charge in [-0.2, -0.15) is 0 Å². The summed E-state index contributed by atoms with van der Waals surface area (Å²) in [5.74, 6) is -1.09. The van der Waals surface area contributed by atoms with E-state index in [1.54, 1.807) is 4.90 Å². The highest BCUT2D eigenvalue weighted by Crippen LogP contribution is 2.35. The smallest absolute Gasteiger partial charge is 0.247 e. The average molecular weight is 324 g/mol. The van der Waals surface area contributed by atoms with Gasteiger partial charge in [0.1, 0.15) is 6.54 Å². The van der Waals surface area contributed by atoms with Gasteiger partial charge >= 0.3 is 0 Å². The number of allylic oxidation sites excluding steroid dienone is 2. The molecule has 3 aliphatic rings. The van der Waals surface area contributed by atoms with E-state index in [1.807, 2.05) is 36.4 Å². The maximum atomic E-state index is 12.8. The summed E-state index contributed by atoms with van der Waals surface area (Å²) in [6.45, 7) is 0.499. The van der Waals surface area contributed by atoms with Crippen LogP contribution in [-0.2, 0) is 20.8 Å². The number of aryl methyl sites for hydroxylation is 1. The molecule has 0 bridgehead atoms. The lowest BCUT2D eigenvalue weighted by Gasteiger charge is -2.30. The Kier molecular flexibility index (Phi) is 3.71. The van der Waals surface area contributed by atoms with Crippen LogP contribution in [0.5, 0.6) is 0 Å². The Morgan fingerprint density at radius 3 is 2.42 bits per heavy atom. The van der Waals surface area contributed by atoms with Gasteiger partial charge < -0.3 is 4.90 Å². The van der Waals surface area contributed by atoms with Crippen LogP contribution in [-0.4, -0.2) is 35.7 Å². The van der Waals surface area contributed by atoms with Crippen LogP contribution in [0.3, 0.4) is 0 Å². The van der Waals surface area contributed by atoms with Crippen molar-refractivity contribution in [3.05, 3.63) is 42.0 Å². The summed E-state index contributed by atoms with van der Waals surface area (Å²) in [6.07, 6.45) is 6.98. The zero-order valence-corrected chi connectivity index (χ0v) is 13.5. The summed E-state index contributed by atoms with van der Waals surface area (Å²) < 4.78 is 0. The second kappa shape index (κ2) is 5.89. The van der Waals surface area contributed by atoms with E-state index in [9.17, 15) is 14.4 Å². The number of hydrogen-bond donors (Lipinski definition) is 0. The van der Waals surface area contributed by atoms with Crippen LogP contribution >= 0.6 is 0 Å². The first-order chi connectivity index (χ1) is 11.7. The van der Waals surface area contributed by atoms with Crippen LogP contribution < -0.4 is 4.90 Å². The summed E-state index contributed by atoms with van der Waals surface area (Å²) >= 11 is 0. The van der Waals surface area contributed by atoms with Crippen LogP contribution in [0, 0.1) is 11.8 Å². The van der Waals surface area contributed by atoms with Crippen molar-refractivity contribution in [2.75, 3.05) is 18.0 Å². The van der Waals surface area contributed by atoms with Gasteiger partial charge in [-0.15, -0.1) is 0 Å². The van der Waals surface area contributed by atoms with Gasteiger partial charge in [0.15, 0.2) is 0 Å². The van der Waals surface area contributed by atoms with E-state index in [-0.39, 0.29) is 36.1 Å². The third-order valence-corrected chi connectivity index (χ3v) is 5.30. The molecule has 1 fully saturated rings. The molecular formula is C19H20N2O3. The molecule has 5 heteroatoms. The zero-order chi connectivity index (χ0) is 16.7. The molecule has 2 unspecified atom stereocenters. The number of fused-ring (bicyclic) bond motifs is 2. The molecule has 2 heterocycles. The minimum atomic E-state index is -0.274. The molecule has 1 aromatic carbocycles. The highest BCUT2D eigenvalue weighted by atomic mass is 16.2. The first-order valence-electron chi connectivity index (χ1n) is 8.55. The van der Waals surface area contributed by atoms with Crippen molar-refractivity contribution in [2.45, 2.75) is 25.7 Å². The molecule has 124 valence electrons. The first kappa shape index (κ1) is 15.1. The molecule has 0 radical (unpaired) electrons. The largest absolute Gasteiger partial charge is 0.311 e. The fourth-order valence-corrected chi connectivity index (χ4v) is 4.04. The fraction of sp³-hybridized carbons (Fsp3) is 0.421. The van der Waals surface area contributed by atoms with E-state index >= 15 is 0 Å². The van der Waals surface area contributed by atoms with Gasteiger partial charge in [-0.3, -0.25) is 19.3 Å². The second-order valence-corrected chi connectivity index (χ2v) is 6.70. The number of para-hydroxylation sites is 1. The summed E-state index contributed by atoms with van der Waals surface area (Å²) in [5, 5.41) is 0. The topological polar surface area (TPSA) is 57.7 Å². The standard InChI is InChI=1S/C19H20N2O3/c22-17(20-11-5-7-13-6-1-4-10-16(13)20)12-21-18(23)14-8-2-3-9-15(14)19(21)24/h1-4,6,10,14-15H,5,7-9,11-12H2. The molecule has 5 nitrogen and oxygen atoms in total. The third-order valence-electron chi connectivity index (χ3n) is 5.30. The van der Waals surface area contributed by atoms with Crippen LogP contribution in [0.1, 0.15) is 24.8 Å². The van der Waals surface area contributed by atoms with E-state index in [2.05, 4.69) is 0 Å². The normalized spacial score (nSPS) is 25.7. The molecule has 4 rings (SSSR count). The Hall–Kier alpha value is -2.43. The van der Waals surface area contributed by atoms with Crippen molar-refractivity contribution < 1.29 is 14.4 Å². The number of amides is 3. The van der Waals surface area contributed by atoms with E-state index in [0.717, 1.165) is 24.1 Å². The molecule has 0 saturated carbocycles. The summed E-state index contributed by atoms with van der Waals surface area (Å²) in [4.78, 5) is 40.7. The van der Waals surface area contributed by atoms with Crippen molar-refractivity contribution in [1.82, 2.24) is 4.90 Å². The molecule has 1 aliphatic carbocycles. The van der Waals surface area contributed by atoms with Gasteiger partial charge in [0.25, 0.3) is 0 Å². The number of benzene rings is 1. The van der Waals surface area contributed by atoms with Crippen LogP contribution in [0.25, 0.3) is 0 Å². The Morgan fingerprint density at radius 1 is 1.04 bits per heavy atom. The highest BCUT2D eigenvalue weighted by Gasteiger charge is 2.48. The number of carbonyl (C=O) groups excluding carboxylic acids is 3. The number of nitrogens with zero attached hydrogens (tertiary/aromatic N) is 2. The molecule has 0 spiro atoms. The van der Waals surface area contributed by atoms with E-state index in [0.29, 0.717) is 19.4 Å². The van der Waals surface area contributed by atoms with Crippen LogP contribution in [0.4, 0.5) is 5.69 Å². The molecule has 0 N–H and O–H groups in total. The molecule has 2 atom stereocenters. The monoisotopic (exact) mass is 324 g/mol.